The van der Waals surface area contributed by atoms with Crippen molar-refractivity contribution in [3.63, 3.8) is 0 Å². The molecule has 0 bridgehead atoms. The van der Waals surface area contributed by atoms with E-state index in [1.165, 1.54) is 0 Å². The number of methoxy groups -OCH3 is 1. The zero-order valence-corrected chi connectivity index (χ0v) is 11.8. The summed E-state index contributed by atoms with van der Waals surface area (Å²) in [5.41, 5.74) is 1.04. The minimum atomic E-state index is -0.00513. The predicted octanol–water partition coefficient (Wildman–Crippen LogP) is 1.90. The third-order valence-corrected chi connectivity index (χ3v) is 2.57. The summed E-state index contributed by atoms with van der Waals surface area (Å²) in [4.78, 5) is 11.6. The summed E-state index contributed by atoms with van der Waals surface area (Å²) in [5, 5.41) is 5.90. The first kappa shape index (κ1) is 16.7. The molecule has 1 aromatic carbocycles. The van der Waals surface area contributed by atoms with E-state index in [4.69, 9.17) is 4.74 Å². The van der Waals surface area contributed by atoms with E-state index in [0.29, 0.717) is 13.0 Å². The van der Waals surface area contributed by atoms with E-state index in [0.717, 1.165) is 11.3 Å². The molecule has 0 saturated carbocycles. The smallest absolute Gasteiger partial charge is 0.221 e. The topological polar surface area (TPSA) is 50.4 Å². The lowest BCUT2D eigenvalue weighted by Gasteiger charge is -2.15. The van der Waals surface area contributed by atoms with Gasteiger partial charge in [-0.25, -0.2) is 0 Å². The summed E-state index contributed by atoms with van der Waals surface area (Å²) in [6.45, 7) is 2.66. The number of nitrogens with one attached hydrogen (secondary N) is 2. The van der Waals surface area contributed by atoms with Crippen LogP contribution in [0.2, 0.25) is 0 Å². The third-order valence-electron chi connectivity index (χ3n) is 2.57. The van der Waals surface area contributed by atoms with E-state index in [1.807, 2.05) is 38.2 Å². The molecule has 1 atom stereocenters. The first-order valence-corrected chi connectivity index (χ1v) is 5.75. The molecule has 0 spiro atoms. The number of halogens is 1. The van der Waals surface area contributed by atoms with Crippen LogP contribution < -0.4 is 15.4 Å². The van der Waals surface area contributed by atoms with Gasteiger partial charge in [0.1, 0.15) is 5.75 Å². The van der Waals surface area contributed by atoms with Crippen LogP contribution in [0.25, 0.3) is 0 Å². The number of hydrogen-bond acceptors (Lipinski definition) is 3. The number of carbonyl (C=O) groups is 1. The minimum Gasteiger partial charge on any atom is -0.497 e. The molecule has 0 heterocycles. The number of carbonyl (C=O) groups excluding carboxylic acids is 1. The molecule has 4 nitrogen and oxygen atoms in total. The molecule has 1 aromatic rings. The number of rotatable bonds is 6. The Morgan fingerprint density at radius 3 is 2.78 bits per heavy atom. The Hall–Kier alpha value is -1.26. The fraction of sp³-hybridized carbons (Fsp3) is 0.462. The second kappa shape index (κ2) is 8.78. The van der Waals surface area contributed by atoms with Crippen molar-refractivity contribution in [1.82, 2.24) is 10.6 Å². The highest BCUT2D eigenvalue weighted by atomic mass is 35.5. The van der Waals surface area contributed by atoms with Gasteiger partial charge in [-0.3, -0.25) is 4.79 Å². The van der Waals surface area contributed by atoms with E-state index in [9.17, 15) is 4.79 Å². The molecule has 0 aliphatic rings. The molecule has 2 N–H and O–H groups in total. The average molecular weight is 273 g/mol. The molecular formula is C13H21ClN2O2. The SMILES string of the molecule is CNCCC(=O)NC(C)c1cccc(OC)c1.Cl. The Balaban J connectivity index is 0.00000289. The Bertz CT molecular complexity index is 372. The normalized spacial score (nSPS) is 11.3. The summed E-state index contributed by atoms with van der Waals surface area (Å²) >= 11 is 0. The molecule has 1 unspecified atom stereocenters. The molecule has 0 fully saturated rings. The number of ether oxygens (including phenoxy) is 1. The van der Waals surface area contributed by atoms with Crippen LogP contribution >= 0.6 is 12.4 Å². The number of hydrogen-bond donors (Lipinski definition) is 2. The maximum absolute atomic E-state index is 11.6. The second-order valence-electron chi connectivity index (χ2n) is 3.92. The van der Waals surface area contributed by atoms with Crippen molar-refractivity contribution < 1.29 is 9.53 Å². The lowest BCUT2D eigenvalue weighted by atomic mass is 10.1. The third kappa shape index (κ3) is 5.38. The summed E-state index contributed by atoms with van der Waals surface area (Å²) in [6, 6.07) is 7.72. The lowest BCUT2D eigenvalue weighted by Crippen LogP contribution is -2.29. The fourth-order valence-corrected chi connectivity index (χ4v) is 1.55. The molecule has 18 heavy (non-hydrogen) atoms. The van der Waals surface area contributed by atoms with Gasteiger partial charge in [-0.2, -0.15) is 0 Å². The van der Waals surface area contributed by atoms with Crippen molar-refractivity contribution in [2.24, 2.45) is 0 Å². The van der Waals surface area contributed by atoms with Crippen molar-refractivity contribution in [2.45, 2.75) is 19.4 Å². The van der Waals surface area contributed by atoms with Crippen LogP contribution in [-0.4, -0.2) is 26.6 Å². The van der Waals surface area contributed by atoms with Gasteiger partial charge < -0.3 is 15.4 Å². The van der Waals surface area contributed by atoms with Crippen LogP contribution in [-0.2, 0) is 4.79 Å². The van der Waals surface area contributed by atoms with Gasteiger partial charge in [0.15, 0.2) is 0 Å². The van der Waals surface area contributed by atoms with Crippen molar-refractivity contribution in [3.05, 3.63) is 29.8 Å². The summed E-state index contributed by atoms with van der Waals surface area (Å²) in [6.07, 6.45) is 0.491. The van der Waals surface area contributed by atoms with E-state index >= 15 is 0 Å². The quantitative estimate of drug-likeness (QED) is 0.832. The highest BCUT2D eigenvalue weighted by Crippen LogP contribution is 2.18. The highest BCUT2D eigenvalue weighted by molar-refractivity contribution is 5.85. The monoisotopic (exact) mass is 272 g/mol. The molecule has 0 saturated heterocycles. The largest absolute Gasteiger partial charge is 0.497 e. The fourth-order valence-electron chi connectivity index (χ4n) is 1.55. The molecule has 0 aromatic heterocycles. The highest BCUT2D eigenvalue weighted by Gasteiger charge is 2.09. The molecule has 102 valence electrons. The summed E-state index contributed by atoms with van der Waals surface area (Å²) in [5.74, 6) is 0.855. The zero-order valence-electron chi connectivity index (χ0n) is 11.0. The van der Waals surface area contributed by atoms with E-state index in [1.54, 1.807) is 7.11 Å². The summed E-state index contributed by atoms with van der Waals surface area (Å²) < 4.78 is 5.15. The van der Waals surface area contributed by atoms with E-state index < -0.39 is 0 Å². The maximum atomic E-state index is 11.6. The minimum absolute atomic E-state index is 0. The van der Waals surface area contributed by atoms with Crippen LogP contribution in [0.3, 0.4) is 0 Å². The molecule has 0 radical (unpaired) electrons. The summed E-state index contributed by atoms with van der Waals surface area (Å²) in [7, 11) is 3.47. The Labute approximate surface area is 115 Å². The molecule has 0 aliphatic carbocycles. The first-order chi connectivity index (χ1) is 8.17. The molecule has 5 heteroatoms. The number of amides is 1. The van der Waals surface area contributed by atoms with Gasteiger partial charge in [-0.05, 0) is 31.7 Å². The lowest BCUT2D eigenvalue weighted by molar-refractivity contribution is -0.121. The van der Waals surface area contributed by atoms with Crippen molar-refractivity contribution in [1.29, 1.82) is 0 Å². The maximum Gasteiger partial charge on any atom is 0.221 e. The predicted molar refractivity (Wildman–Crippen MR) is 75.3 cm³/mol. The molecule has 1 amide bonds. The van der Waals surface area contributed by atoms with Crippen LogP contribution in [0.5, 0.6) is 5.75 Å². The average Bonchev–Trinajstić information content (AvgIpc) is 2.36. The van der Waals surface area contributed by atoms with Crippen LogP contribution in [0.4, 0.5) is 0 Å². The van der Waals surface area contributed by atoms with E-state index in [-0.39, 0.29) is 24.4 Å². The van der Waals surface area contributed by atoms with Gasteiger partial charge >= 0.3 is 0 Å². The van der Waals surface area contributed by atoms with Crippen molar-refractivity contribution in [3.8, 4) is 5.75 Å². The second-order valence-corrected chi connectivity index (χ2v) is 3.92. The first-order valence-electron chi connectivity index (χ1n) is 5.75. The van der Waals surface area contributed by atoms with Gasteiger partial charge in [0.2, 0.25) is 5.91 Å². The Morgan fingerprint density at radius 2 is 2.17 bits per heavy atom. The van der Waals surface area contributed by atoms with Crippen LogP contribution in [0.15, 0.2) is 24.3 Å². The van der Waals surface area contributed by atoms with Gasteiger partial charge in [-0.15, -0.1) is 12.4 Å². The van der Waals surface area contributed by atoms with Crippen LogP contribution in [0.1, 0.15) is 24.9 Å². The molecule has 1 rings (SSSR count). The van der Waals surface area contributed by atoms with Gasteiger partial charge in [-0.1, -0.05) is 12.1 Å². The van der Waals surface area contributed by atoms with Gasteiger partial charge in [0.25, 0.3) is 0 Å². The number of benzene rings is 1. The van der Waals surface area contributed by atoms with Gasteiger partial charge in [0.05, 0.1) is 13.2 Å². The zero-order chi connectivity index (χ0) is 12.7. The van der Waals surface area contributed by atoms with E-state index in [2.05, 4.69) is 10.6 Å². The van der Waals surface area contributed by atoms with Gasteiger partial charge in [0, 0.05) is 13.0 Å². The standard InChI is InChI=1S/C13H20N2O2.ClH/c1-10(15-13(16)7-8-14-2)11-5-4-6-12(9-11)17-3;/h4-6,9-10,14H,7-8H2,1-3H3,(H,15,16);1H. The molecular weight excluding hydrogens is 252 g/mol. The van der Waals surface area contributed by atoms with Crippen LogP contribution in [0, 0.1) is 0 Å². The van der Waals surface area contributed by atoms with Crippen molar-refractivity contribution >= 4 is 18.3 Å². The van der Waals surface area contributed by atoms with Crippen molar-refractivity contribution in [2.75, 3.05) is 20.7 Å². The Kier molecular flexibility index (Phi) is 8.16. The Morgan fingerprint density at radius 1 is 1.44 bits per heavy atom. The molecule has 0 aliphatic heterocycles.